The van der Waals surface area contributed by atoms with Crippen molar-refractivity contribution in [1.82, 2.24) is 9.97 Å². The zero-order valence-corrected chi connectivity index (χ0v) is 11.0. The second kappa shape index (κ2) is 4.81. The Morgan fingerprint density at radius 2 is 2.00 bits per heavy atom. The van der Waals surface area contributed by atoms with Gasteiger partial charge in [0.1, 0.15) is 10.8 Å². The van der Waals surface area contributed by atoms with Gasteiger partial charge in [-0.25, -0.2) is 14.8 Å². The Balaban J connectivity index is 2.38. The molecule has 0 atom stereocenters. The van der Waals surface area contributed by atoms with Crippen LogP contribution >= 0.6 is 11.8 Å². The number of aromatic carboxylic acids is 1. The predicted molar refractivity (Wildman–Crippen MR) is 66.0 cm³/mol. The van der Waals surface area contributed by atoms with Gasteiger partial charge in [-0.3, -0.25) is 0 Å². The van der Waals surface area contributed by atoms with Crippen molar-refractivity contribution in [1.29, 1.82) is 0 Å². The van der Waals surface area contributed by atoms with Crippen molar-refractivity contribution >= 4 is 17.7 Å². The summed E-state index contributed by atoms with van der Waals surface area (Å²) in [4.78, 5) is 19.5. The van der Waals surface area contributed by atoms with Crippen LogP contribution in [0.5, 0.6) is 0 Å². The van der Waals surface area contributed by atoms with E-state index in [1.54, 1.807) is 6.07 Å². The van der Waals surface area contributed by atoms with Gasteiger partial charge < -0.3 is 9.52 Å². The summed E-state index contributed by atoms with van der Waals surface area (Å²) < 4.78 is 5.41. The van der Waals surface area contributed by atoms with Crippen molar-refractivity contribution in [3.05, 3.63) is 34.8 Å². The van der Waals surface area contributed by atoms with Crippen LogP contribution in [0.4, 0.5) is 0 Å². The van der Waals surface area contributed by atoms with Crippen LogP contribution in [0, 0.1) is 20.8 Å². The lowest BCUT2D eigenvalue weighted by molar-refractivity contribution is 0.0692. The zero-order valence-electron chi connectivity index (χ0n) is 10.2. The molecule has 0 aliphatic rings. The van der Waals surface area contributed by atoms with Gasteiger partial charge in [-0.1, -0.05) is 0 Å². The summed E-state index contributed by atoms with van der Waals surface area (Å²) in [6, 6.07) is 3.20. The molecule has 2 heterocycles. The van der Waals surface area contributed by atoms with Crippen molar-refractivity contribution in [3.8, 4) is 0 Å². The molecule has 0 radical (unpaired) electrons. The third-order valence-electron chi connectivity index (χ3n) is 2.42. The lowest BCUT2D eigenvalue weighted by Gasteiger charge is -2.03. The average Bonchev–Trinajstić information content (AvgIpc) is 2.57. The van der Waals surface area contributed by atoms with E-state index in [4.69, 9.17) is 9.52 Å². The number of oxazole rings is 1. The van der Waals surface area contributed by atoms with Gasteiger partial charge in [-0.15, -0.1) is 0 Å². The highest BCUT2D eigenvalue weighted by molar-refractivity contribution is 7.99. The summed E-state index contributed by atoms with van der Waals surface area (Å²) in [6.45, 7) is 5.46. The van der Waals surface area contributed by atoms with E-state index >= 15 is 0 Å². The molecule has 0 aliphatic heterocycles. The van der Waals surface area contributed by atoms with E-state index in [0.29, 0.717) is 10.2 Å². The molecular weight excluding hydrogens is 252 g/mol. The van der Waals surface area contributed by atoms with E-state index in [-0.39, 0.29) is 5.56 Å². The van der Waals surface area contributed by atoms with Gasteiger partial charge in [0.05, 0.1) is 11.3 Å². The topological polar surface area (TPSA) is 76.2 Å². The first-order valence-corrected chi connectivity index (χ1v) is 6.12. The molecule has 0 saturated heterocycles. The summed E-state index contributed by atoms with van der Waals surface area (Å²) in [7, 11) is 0. The number of pyridine rings is 1. The summed E-state index contributed by atoms with van der Waals surface area (Å²) in [6.07, 6.45) is 0. The Morgan fingerprint density at radius 3 is 2.56 bits per heavy atom. The second-order valence-corrected chi connectivity index (χ2v) is 4.77. The highest BCUT2D eigenvalue weighted by atomic mass is 32.2. The SMILES string of the molecule is Cc1ccc(C(=O)O)c(Sc2nc(C)c(C)o2)n1. The molecule has 5 nitrogen and oxygen atoms in total. The quantitative estimate of drug-likeness (QED) is 0.918. The number of carboxylic acid groups (broad SMARTS) is 1. The molecule has 2 aromatic heterocycles. The van der Waals surface area contributed by atoms with E-state index in [1.807, 2.05) is 20.8 Å². The maximum atomic E-state index is 11.1. The van der Waals surface area contributed by atoms with Crippen LogP contribution in [0.2, 0.25) is 0 Å². The fourth-order valence-electron chi connectivity index (χ4n) is 1.34. The highest BCUT2D eigenvalue weighted by Crippen LogP contribution is 2.29. The molecule has 0 amide bonds. The van der Waals surface area contributed by atoms with E-state index in [1.165, 1.54) is 6.07 Å². The first-order valence-electron chi connectivity index (χ1n) is 5.30. The molecule has 0 saturated carbocycles. The van der Waals surface area contributed by atoms with Gasteiger partial charge in [-0.05, 0) is 44.7 Å². The Labute approximate surface area is 108 Å². The minimum atomic E-state index is -1.01. The normalized spacial score (nSPS) is 10.6. The largest absolute Gasteiger partial charge is 0.478 e. The molecule has 6 heteroatoms. The Kier molecular flexibility index (Phi) is 3.38. The minimum absolute atomic E-state index is 0.152. The molecular formula is C12H12N2O3S. The third kappa shape index (κ3) is 2.53. The molecule has 18 heavy (non-hydrogen) atoms. The van der Waals surface area contributed by atoms with Gasteiger partial charge >= 0.3 is 5.97 Å². The monoisotopic (exact) mass is 264 g/mol. The van der Waals surface area contributed by atoms with E-state index < -0.39 is 5.97 Å². The summed E-state index contributed by atoms with van der Waals surface area (Å²) in [5, 5.41) is 9.89. The van der Waals surface area contributed by atoms with Gasteiger partial charge in [0.15, 0.2) is 0 Å². The average molecular weight is 264 g/mol. The molecule has 2 aromatic rings. The van der Waals surface area contributed by atoms with Gasteiger partial charge in [-0.2, -0.15) is 0 Å². The van der Waals surface area contributed by atoms with Crippen LogP contribution in [0.1, 0.15) is 27.5 Å². The van der Waals surface area contributed by atoms with Crippen LogP contribution < -0.4 is 0 Å². The summed E-state index contributed by atoms with van der Waals surface area (Å²) in [5.74, 6) is -0.285. The molecule has 94 valence electrons. The van der Waals surface area contributed by atoms with Crippen LogP contribution in [0.3, 0.4) is 0 Å². The van der Waals surface area contributed by atoms with Crippen molar-refractivity contribution in [2.75, 3.05) is 0 Å². The Morgan fingerprint density at radius 1 is 1.28 bits per heavy atom. The molecule has 2 rings (SSSR count). The molecule has 0 fully saturated rings. The fourth-order valence-corrected chi connectivity index (χ4v) is 2.31. The number of nitrogens with zero attached hydrogens (tertiary/aromatic N) is 2. The summed E-state index contributed by atoms with van der Waals surface area (Å²) in [5.41, 5.74) is 1.70. The smallest absolute Gasteiger partial charge is 0.338 e. The molecule has 0 aromatic carbocycles. The third-order valence-corrected chi connectivity index (χ3v) is 3.28. The highest BCUT2D eigenvalue weighted by Gasteiger charge is 2.16. The van der Waals surface area contributed by atoms with Gasteiger partial charge in [0, 0.05) is 5.69 Å². The number of hydrogen-bond acceptors (Lipinski definition) is 5. The summed E-state index contributed by atoms with van der Waals surface area (Å²) >= 11 is 1.12. The molecule has 0 spiro atoms. The lowest BCUT2D eigenvalue weighted by atomic mass is 10.2. The second-order valence-electron chi connectivity index (χ2n) is 3.83. The Bertz CT molecular complexity index is 588. The first-order chi connectivity index (χ1) is 8.47. The van der Waals surface area contributed by atoms with Crippen molar-refractivity contribution in [2.24, 2.45) is 0 Å². The predicted octanol–water partition coefficient (Wildman–Crippen LogP) is 2.84. The number of rotatable bonds is 3. The number of hydrogen-bond donors (Lipinski definition) is 1. The standard InChI is InChI=1S/C12H12N2O3S/c1-6-4-5-9(11(15)16)10(13-6)18-12-14-7(2)8(3)17-12/h4-5H,1-3H3,(H,15,16). The molecule has 1 N–H and O–H groups in total. The maximum Gasteiger partial charge on any atom is 0.338 e. The number of carbonyl (C=O) groups is 1. The fraction of sp³-hybridized carbons (Fsp3) is 0.250. The number of aromatic nitrogens is 2. The van der Waals surface area contributed by atoms with E-state index in [9.17, 15) is 4.79 Å². The van der Waals surface area contributed by atoms with Gasteiger partial charge in [0.2, 0.25) is 0 Å². The molecule has 0 aliphatic carbocycles. The minimum Gasteiger partial charge on any atom is -0.478 e. The molecule has 0 bridgehead atoms. The Hall–Kier alpha value is -1.82. The van der Waals surface area contributed by atoms with Crippen LogP contribution in [0.15, 0.2) is 26.8 Å². The number of aryl methyl sites for hydroxylation is 3. The van der Waals surface area contributed by atoms with Crippen LogP contribution in [0.25, 0.3) is 0 Å². The zero-order chi connectivity index (χ0) is 13.3. The van der Waals surface area contributed by atoms with Crippen molar-refractivity contribution < 1.29 is 14.3 Å². The molecule has 0 unspecified atom stereocenters. The number of carboxylic acids is 1. The lowest BCUT2D eigenvalue weighted by Crippen LogP contribution is -2.01. The van der Waals surface area contributed by atoms with E-state index in [0.717, 1.165) is 28.9 Å². The first kappa shape index (κ1) is 12.6. The maximum absolute atomic E-state index is 11.1. The van der Waals surface area contributed by atoms with Crippen LogP contribution in [-0.2, 0) is 0 Å². The van der Waals surface area contributed by atoms with E-state index in [2.05, 4.69) is 9.97 Å². The van der Waals surface area contributed by atoms with Crippen molar-refractivity contribution in [2.45, 2.75) is 31.0 Å². The van der Waals surface area contributed by atoms with Crippen molar-refractivity contribution in [3.63, 3.8) is 0 Å². The van der Waals surface area contributed by atoms with Crippen LogP contribution in [-0.4, -0.2) is 21.0 Å². The van der Waals surface area contributed by atoms with Gasteiger partial charge in [0.25, 0.3) is 5.22 Å².